The Balaban J connectivity index is 2.30. The molecule has 0 unspecified atom stereocenters. The fourth-order valence-corrected chi connectivity index (χ4v) is 1.87. The SMILES string of the molecule is CCOC(=O)c1ccc(N)c(Nc2ccc(C)cc2F)c1. The number of anilines is 3. The highest BCUT2D eigenvalue weighted by Crippen LogP contribution is 2.26. The molecule has 0 amide bonds. The summed E-state index contributed by atoms with van der Waals surface area (Å²) < 4.78 is 18.8. The summed E-state index contributed by atoms with van der Waals surface area (Å²) in [5.41, 5.74) is 8.22. The first kappa shape index (κ1) is 14.8. The molecule has 0 fully saturated rings. The van der Waals surface area contributed by atoms with E-state index < -0.39 is 5.97 Å². The minimum absolute atomic E-state index is 0.290. The zero-order chi connectivity index (χ0) is 15.4. The first-order valence-electron chi connectivity index (χ1n) is 6.61. The van der Waals surface area contributed by atoms with Crippen LogP contribution in [0, 0.1) is 12.7 Å². The zero-order valence-electron chi connectivity index (χ0n) is 11.9. The van der Waals surface area contributed by atoms with Crippen molar-refractivity contribution in [3.05, 3.63) is 53.3 Å². The van der Waals surface area contributed by atoms with Gasteiger partial charge in [0, 0.05) is 0 Å². The van der Waals surface area contributed by atoms with Crippen molar-refractivity contribution >= 4 is 23.0 Å². The summed E-state index contributed by atoms with van der Waals surface area (Å²) in [5.74, 6) is -0.819. The minimum Gasteiger partial charge on any atom is -0.462 e. The molecule has 2 rings (SSSR count). The van der Waals surface area contributed by atoms with E-state index in [4.69, 9.17) is 10.5 Å². The molecule has 0 aromatic heterocycles. The Morgan fingerprint density at radius 2 is 2.00 bits per heavy atom. The van der Waals surface area contributed by atoms with E-state index in [1.165, 1.54) is 6.07 Å². The van der Waals surface area contributed by atoms with E-state index in [0.29, 0.717) is 29.2 Å². The lowest BCUT2D eigenvalue weighted by atomic mass is 10.1. The highest BCUT2D eigenvalue weighted by atomic mass is 19.1. The van der Waals surface area contributed by atoms with Crippen LogP contribution in [0.15, 0.2) is 36.4 Å². The number of rotatable bonds is 4. The fourth-order valence-electron chi connectivity index (χ4n) is 1.87. The van der Waals surface area contributed by atoms with Crippen LogP contribution < -0.4 is 11.1 Å². The molecule has 0 saturated heterocycles. The van der Waals surface area contributed by atoms with Crippen molar-refractivity contribution in [3.63, 3.8) is 0 Å². The molecule has 0 aliphatic heterocycles. The lowest BCUT2D eigenvalue weighted by molar-refractivity contribution is 0.0526. The Morgan fingerprint density at radius 1 is 1.24 bits per heavy atom. The van der Waals surface area contributed by atoms with Gasteiger partial charge in [-0.05, 0) is 49.7 Å². The predicted molar refractivity (Wildman–Crippen MR) is 81.2 cm³/mol. The van der Waals surface area contributed by atoms with E-state index in [-0.39, 0.29) is 5.82 Å². The Morgan fingerprint density at radius 3 is 2.67 bits per heavy atom. The van der Waals surface area contributed by atoms with Gasteiger partial charge in [0.1, 0.15) is 5.82 Å². The number of halogens is 1. The monoisotopic (exact) mass is 288 g/mol. The molecular formula is C16H17FN2O2. The van der Waals surface area contributed by atoms with Gasteiger partial charge < -0.3 is 15.8 Å². The van der Waals surface area contributed by atoms with Crippen molar-refractivity contribution in [3.8, 4) is 0 Å². The summed E-state index contributed by atoms with van der Waals surface area (Å²) in [4.78, 5) is 11.7. The van der Waals surface area contributed by atoms with Gasteiger partial charge in [-0.1, -0.05) is 6.07 Å². The molecule has 2 aromatic carbocycles. The average molecular weight is 288 g/mol. The predicted octanol–water partition coefficient (Wildman–Crippen LogP) is 3.64. The van der Waals surface area contributed by atoms with Gasteiger partial charge in [-0.25, -0.2) is 9.18 Å². The molecule has 110 valence electrons. The second-order valence-corrected chi connectivity index (χ2v) is 4.63. The zero-order valence-corrected chi connectivity index (χ0v) is 11.9. The number of hydrogen-bond donors (Lipinski definition) is 2. The minimum atomic E-state index is -0.440. The number of benzene rings is 2. The molecule has 2 aromatic rings. The highest BCUT2D eigenvalue weighted by molar-refractivity contribution is 5.92. The second-order valence-electron chi connectivity index (χ2n) is 4.63. The van der Waals surface area contributed by atoms with Crippen LogP contribution >= 0.6 is 0 Å². The number of nitrogens with one attached hydrogen (secondary N) is 1. The van der Waals surface area contributed by atoms with Crippen LogP contribution in [0.25, 0.3) is 0 Å². The van der Waals surface area contributed by atoms with Gasteiger partial charge in [0.25, 0.3) is 0 Å². The third-order valence-corrected chi connectivity index (χ3v) is 2.96. The largest absolute Gasteiger partial charge is 0.462 e. The summed E-state index contributed by atoms with van der Waals surface area (Å²) >= 11 is 0. The molecule has 0 atom stereocenters. The van der Waals surface area contributed by atoms with E-state index in [9.17, 15) is 9.18 Å². The molecule has 0 aliphatic carbocycles. The van der Waals surface area contributed by atoms with Gasteiger partial charge >= 0.3 is 5.97 Å². The third-order valence-electron chi connectivity index (χ3n) is 2.96. The van der Waals surface area contributed by atoms with Gasteiger partial charge in [-0.3, -0.25) is 0 Å². The van der Waals surface area contributed by atoms with Crippen molar-refractivity contribution in [2.45, 2.75) is 13.8 Å². The number of nitrogen functional groups attached to an aromatic ring is 1. The first-order valence-corrected chi connectivity index (χ1v) is 6.61. The maximum Gasteiger partial charge on any atom is 0.338 e. The number of nitrogens with two attached hydrogens (primary N) is 1. The van der Waals surface area contributed by atoms with Crippen molar-refractivity contribution < 1.29 is 13.9 Å². The Kier molecular flexibility index (Phi) is 4.42. The van der Waals surface area contributed by atoms with E-state index in [2.05, 4.69) is 5.32 Å². The van der Waals surface area contributed by atoms with Gasteiger partial charge in [0.15, 0.2) is 0 Å². The Bertz CT molecular complexity index is 671. The highest BCUT2D eigenvalue weighted by Gasteiger charge is 2.11. The van der Waals surface area contributed by atoms with Crippen LogP contribution in [-0.4, -0.2) is 12.6 Å². The van der Waals surface area contributed by atoms with Crippen molar-refractivity contribution in [2.24, 2.45) is 0 Å². The molecule has 0 spiro atoms. The normalized spacial score (nSPS) is 10.2. The van der Waals surface area contributed by atoms with Crippen LogP contribution in [0.1, 0.15) is 22.8 Å². The molecule has 0 bridgehead atoms. The quantitative estimate of drug-likeness (QED) is 0.666. The van der Waals surface area contributed by atoms with Crippen LogP contribution in [0.4, 0.5) is 21.5 Å². The summed E-state index contributed by atoms with van der Waals surface area (Å²) in [5, 5.41) is 2.90. The Labute approximate surface area is 122 Å². The standard InChI is InChI=1S/C16H17FN2O2/c1-3-21-16(20)11-5-6-13(18)15(9-11)19-14-7-4-10(2)8-12(14)17/h4-9,19H,3,18H2,1-2H3. The molecular weight excluding hydrogens is 271 g/mol. The summed E-state index contributed by atoms with van der Waals surface area (Å²) in [7, 11) is 0. The number of hydrogen-bond acceptors (Lipinski definition) is 4. The smallest absolute Gasteiger partial charge is 0.338 e. The van der Waals surface area contributed by atoms with E-state index in [1.807, 2.05) is 6.92 Å². The van der Waals surface area contributed by atoms with E-state index >= 15 is 0 Å². The van der Waals surface area contributed by atoms with Crippen LogP contribution in [0.2, 0.25) is 0 Å². The molecule has 21 heavy (non-hydrogen) atoms. The van der Waals surface area contributed by atoms with Crippen molar-refractivity contribution in [2.75, 3.05) is 17.7 Å². The molecule has 0 heterocycles. The topological polar surface area (TPSA) is 64.3 Å². The number of ether oxygens (including phenoxy) is 1. The second kappa shape index (κ2) is 6.26. The maximum absolute atomic E-state index is 13.9. The average Bonchev–Trinajstić information content (AvgIpc) is 2.44. The summed E-state index contributed by atoms with van der Waals surface area (Å²) in [6.45, 7) is 3.83. The molecule has 5 heteroatoms. The number of carbonyl (C=O) groups excluding carboxylic acids is 1. The lowest BCUT2D eigenvalue weighted by Gasteiger charge is -2.12. The lowest BCUT2D eigenvalue weighted by Crippen LogP contribution is -2.06. The maximum atomic E-state index is 13.9. The van der Waals surface area contributed by atoms with Gasteiger partial charge in [-0.2, -0.15) is 0 Å². The van der Waals surface area contributed by atoms with Gasteiger partial charge in [-0.15, -0.1) is 0 Å². The van der Waals surface area contributed by atoms with Crippen molar-refractivity contribution in [1.82, 2.24) is 0 Å². The number of aryl methyl sites for hydroxylation is 1. The molecule has 0 saturated carbocycles. The Hall–Kier alpha value is -2.56. The van der Waals surface area contributed by atoms with E-state index in [0.717, 1.165) is 5.56 Å². The molecule has 0 aliphatic rings. The van der Waals surface area contributed by atoms with Crippen LogP contribution in [0.5, 0.6) is 0 Å². The first-order chi connectivity index (χ1) is 10.0. The number of carbonyl (C=O) groups is 1. The van der Waals surface area contributed by atoms with Gasteiger partial charge in [0.05, 0.1) is 29.2 Å². The van der Waals surface area contributed by atoms with E-state index in [1.54, 1.807) is 37.3 Å². The third kappa shape index (κ3) is 3.51. The molecule has 4 nitrogen and oxygen atoms in total. The fraction of sp³-hybridized carbons (Fsp3) is 0.188. The van der Waals surface area contributed by atoms with Crippen LogP contribution in [0.3, 0.4) is 0 Å². The molecule has 3 N–H and O–H groups in total. The summed E-state index contributed by atoms with van der Waals surface area (Å²) in [6, 6.07) is 9.54. The number of esters is 1. The summed E-state index contributed by atoms with van der Waals surface area (Å²) in [6.07, 6.45) is 0. The van der Waals surface area contributed by atoms with Gasteiger partial charge in [0.2, 0.25) is 0 Å². The van der Waals surface area contributed by atoms with Crippen LogP contribution in [-0.2, 0) is 4.74 Å². The van der Waals surface area contributed by atoms with Crippen molar-refractivity contribution in [1.29, 1.82) is 0 Å². The molecule has 0 radical (unpaired) electrons.